The fraction of sp³-hybridized carbons (Fsp3) is 0.300. The fourth-order valence-corrected chi connectivity index (χ4v) is 5.96. The molecule has 2 unspecified atom stereocenters. The molecular weight excluding hydrogens is 553 g/mol. The number of hydrogen-bond donors (Lipinski definition) is 3. The van der Waals surface area contributed by atoms with Crippen molar-refractivity contribution in [2.24, 2.45) is 0 Å². The molecular formula is C30H31F3N4O3S. The molecule has 2 aliphatic heterocycles. The Bertz CT molecular complexity index is 1560. The monoisotopic (exact) mass is 584 g/mol. The average molecular weight is 585 g/mol. The maximum Gasteiger partial charge on any atom is 0.516 e. The van der Waals surface area contributed by atoms with Crippen molar-refractivity contribution in [2.45, 2.75) is 57.2 Å². The van der Waals surface area contributed by atoms with Gasteiger partial charge in [-0.25, -0.2) is 0 Å². The second-order valence-corrected chi connectivity index (χ2v) is 12.2. The van der Waals surface area contributed by atoms with Gasteiger partial charge in [0, 0.05) is 41.3 Å². The van der Waals surface area contributed by atoms with Crippen LogP contribution in [0.5, 0.6) is 0 Å². The van der Waals surface area contributed by atoms with E-state index < -0.39 is 21.4 Å². The van der Waals surface area contributed by atoms with Crippen LogP contribution < -0.4 is 15.4 Å². The minimum Gasteiger partial charge on any atom is -0.354 e. The summed E-state index contributed by atoms with van der Waals surface area (Å²) in [6.07, 6.45) is 3.60. The molecule has 1 fully saturated rings. The number of carbonyl (C=O) groups is 1. The standard InChI is InChI=1S/C30H31F3N4O3S/c1-19-7-6-8-20(2)37(19)18-21-11-13-23(14-12-21)34-28(22-9-4-3-5-10-22)27-25-17-24(15-16-26(25)35-29(27)38)36-41(39,40)30(31,32)33/h3-5,9-17,19-20,34,36H,6-8,18H2,1-2H3,(H,35,38)/b28-27-. The number of likely N-dealkylation sites (tertiary alicyclic amines) is 1. The van der Waals surface area contributed by atoms with Gasteiger partial charge in [0.05, 0.1) is 11.3 Å². The minimum atomic E-state index is -5.63. The lowest BCUT2D eigenvalue weighted by molar-refractivity contribution is -0.110. The van der Waals surface area contributed by atoms with Crippen molar-refractivity contribution in [1.82, 2.24) is 4.90 Å². The Balaban J connectivity index is 1.49. The highest BCUT2D eigenvalue weighted by Crippen LogP contribution is 2.39. The van der Waals surface area contributed by atoms with Crippen LogP contribution in [0.2, 0.25) is 0 Å². The Hall–Kier alpha value is -3.83. The van der Waals surface area contributed by atoms with Crippen molar-refractivity contribution < 1.29 is 26.4 Å². The van der Waals surface area contributed by atoms with Crippen molar-refractivity contribution >= 4 is 44.3 Å². The maximum absolute atomic E-state index is 13.2. The molecule has 0 spiro atoms. The summed E-state index contributed by atoms with van der Waals surface area (Å²) in [6.45, 7) is 5.35. The van der Waals surface area contributed by atoms with Crippen molar-refractivity contribution in [2.75, 3.05) is 15.4 Å². The van der Waals surface area contributed by atoms with E-state index in [0.29, 0.717) is 29.0 Å². The topological polar surface area (TPSA) is 90.5 Å². The zero-order valence-electron chi connectivity index (χ0n) is 22.6. The summed E-state index contributed by atoms with van der Waals surface area (Å²) in [6, 6.07) is 21.8. The van der Waals surface area contributed by atoms with Crippen LogP contribution in [0.25, 0.3) is 11.3 Å². The number of hydrogen-bond acceptors (Lipinski definition) is 5. The van der Waals surface area contributed by atoms with Crippen molar-refractivity contribution in [3.8, 4) is 0 Å². The number of alkyl halides is 3. The first-order chi connectivity index (χ1) is 19.4. The van der Waals surface area contributed by atoms with Gasteiger partial charge in [-0.3, -0.25) is 14.4 Å². The number of piperidine rings is 1. The molecule has 0 radical (unpaired) electrons. The summed E-state index contributed by atoms with van der Waals surface area (Å²) in [5.74, 6) is -0.466. The molecule has 0 aromatic heterocycles. The second-order valence-electron chi connectivity index (χ2n) is 10.5. The van der Waals surface area contributed by atoms with Gasteiger partial charge in [-0.15, -0.1) is 0 Å². The third kappa shape index (κ3) is 6.11. The predicted molar refractivity (Wildman–Crippen MR) is 155 cm³/mol. The highest BCUT2D eigenvalue weighted by atomic mass is 32.2. The number of benzene rings is 3. The van der Waals surface area contributed by atoms with Gasteiger partial charge in [0.1, 0.15) is 0 Å². The SMILES string of the molecule is CC1CCCC(C)N1Cc1ccc(N/C(=C2\C(=O)Nc3ccc(NS(=O)(=O)C(F)(F)F)cc32)c2ccccc2)cc1. The first-order valence-electron chi connectivity index (χ1n) is 13.4. The van der Waals surface area contributed by atoms with E-state index in [4.69, 9.17) is 0 Å². The lowest BCUT2D eigenvalue weighted by atomic mass is 9.96. The smallest absolute Gasteiger partial charge is 0.354 e. The van der Waals surface area contributed by atoms with Gasteiger partial charge in [0.2, 0.25) is 0 Å². The zero-order chi connectivity index (χ0) is 29.4. The first-order valence-corrected chi connectivity index (χ1v) is 14.9. The molecule has 7 nitrogen and oxygen atoms in total. The van der Waals surface area contributed by atoms with E-state index in [9.17, 15) is 26.4 Å². The Morgan fingerprint density at radius 2 is 1.59 bits per heavy atom. The molecule has 3 aromatic carbocycles. The van der Waals surface area contributed by atoms with Crippen LogP contribution in [0.3, 0.4) is 0 Å². The molecule has 2 aliphatic rings. The van der Waals surface area contributed by atoms with E-state index in [-0.39, 0.29) is 16.8 Å². The van der Waals surface area contributed by atoms with Gasteiger partial charge in [0.25, 0.3) is 5.91 Å². The molecule has 0 aliphatic carbocycles. The molecule has 216 valence electrons. The summed E-state index contributed by atoms with van der Waals surface area (Å²) >= 11 is 0. The van der Waals surface area contributed by atoms with Gasteiger partial charge >= 0.3 is 15.5 Å². The third-order valence-corrected chi connectivity index (χ3v) is 8.71. The first kappa shape index (κ1) is 28.7. The number of sulfonamides is 1. The van der Waals surface area contributed by atoms with E-state index in [0.717, 1.165) is 17.8 Å². The number of nitrogens with zero attached hydrogens (tertiary/aromatic N) is 1. The van der Waals surface area contributed by atoms with E-state index in [1.165, 1.54) is 37.5 Å². The van der Waals surface area contributed by atoms with Gasteiger partial charge in [-0.05, 0) is 68.1 Å². The van der Waals surface area contributed by atoms with Gasteiger partial charge < -0.3 is 10.6 Å². The average Bonchev–Trinajstić information content (AvgIpc) is 3.24. The normalized spacial score (nSPS) is 20.8. The van der Waals surface area contributed by atoms with Crippen LogP contribution in [-0.2, 0) is 21.4 Å². The van der Waals surface area contributed by atoms with Gasteiger partial charge in [-0.1, -0.05) is 48.9 Å². The van der Waals surface area contributed by atoms with Crippen LogP contribution in [-0.4, -0.2) is 36.8 Å². The van der Waals surface area contributed by atoms with Crippen LogP contribution in [0.4, 0.5) is 30.2 Å². The maximum atomic E-state index is 13.2. The molecule has 1 saturated heterocycles. The highest BCUT2D eigenvalue weighted by molar-refractivity contribution is 7.93. The minimum absolute atomic E-state index is 0.180. The van der Waals surface area contributed by atoms with Gasteiger partial charge in [-0.2, -0.15) is 21.6 Å². The molecule has 2 atom stereocenters. The summed E-state index contributed by atoms with van der Waals surface area (Å²) in [5.41, 5.74) is -2.00. The zero-order valence-corrected chi connectivity index (χ0v) is 23.4. The van der Waals surface area contributed by atoms with E-state index in [1.807, 2.05) is 54.6 Å². The lowest BCUT2D eigenvalue weighted by Gasteiger charge is -2.39. The molecule has 5 rings (SSSR count). The second kappa shape index (κ2) is 11.2. The highest BCUT2D eigenvalue weighted by Gasteiger charge is 2.46. The third-order valence-electron chi connectivity index (χ3n) is 7.60. The summed E-state index contributed by atoms with van der Waals surface area (Å²) in [5, 5.41) is 6.06. The van der Waals surface area contributed by atoms with E-state index >= 15 is 0 Å². The number of nitrogens with one attached hydrogen (secondary N) is 3. The molecule has 0 saturated carbocycles. The Labute approximate surface area is 237 Å². The van der Waals surface area contributed by atoms with E-state index in [2.05, 4.69) is 29.4 Å². The molecule has 3 aromatic rings. The van der Waals surface area contributed by atoms with Gasteiger partial charge in [0.15, 0.2) is 0 Å². The summed E-state index contributed by atoms with van der Waals surface area (Å²) in [7, 11) is -5.63. The van der Waals surface area contributed by atoms with Crippen molar-refractivity contribution in [3.05, 3.63) is 89.5 Å². The number of carbonyl (C=O) groups excluding carboxylic acids is 1. The summed E-state index contributed by atoms with van der Waals surface area (Å²) in [4.78, 5) is 15.7. The predicted octanol–water partition coefficient (Wildman–Crippen LogP) is 6.64. The molecule has 1 amide bonds. The molecule has 3 N–H and O–H groups in total. The quantitative estimate of drug-likeness (QED) is 0.271. The molecule has 0 bridgehead atoms. The lowest BCUT2D eigenvalue weighted by Crippen LogP contribution is -2.42. The molecule has 11 heteroatoms. The van der Waals surface area contributed by atoms with Crippen molar-refractivity contribution in [1.29, 1.82) is 0 Å². The Morgan fingerprint density at radius 3 is 2.22 bits per heavy atom. The van der Waals surface area contributed by atoms with Crippen LogP contribution in [0.1, 0.15) is 49.8 Å². The van der Waals surface area contributed by atoms with Crippen LogP contribution in [0.15, 0.2) is 72.8 Å². The number of amides is 1. The van der Waals surface area contributed by atoms with Crippen molar-refractivity contribution in [3.63, 3.8) is 0 Å². The number of halogens is 3. The largest absolute Gasteiger partial charge is 0.516 e. The molecule has 41 heavy (non-hydrogen) atoms. The Kier molecular flexibility index (Phi) is 7.85. The number of fused-ring (bicyclic) bond motifs is 1. The van der Waals surface area contributed by atoms with E-state index in [1.54, 1.807) is 4.72 Å². The fourth-order valence-electron chi connectivity index (χ4n) is 5.41. The summed E-state index contributed by atoms with van der Waals surface area (Å²) < 4.78 is 63.9. The number of rotatable bonds is 7. The van der Waals surface area contributed by atoms with Crippen LogP contribution >= 0.6 is 0 Å². The number of anilines is 3. The Morgan fingerprint density at radius 1 is 0.951 bits per heavy atom. The van der Waals surface area contributed by atoms with Crippen LogP contribution in [0, 0.1) is 0 Å². The molecule has 2 heterocycles.